The van der Waals surface area contributed by atoms with Crippen LogP contribution in [0.1, 0.15) is 49.4 Å². The van der Waals surface area contributed by atoms with Gasteiger partial charge < -0.3 is 15.8 Å². The van der Waals surface area contributed by atoms with Crippen LogP contribution in [0.25, 0.3) is 0 Å². The molecule has 4 nitrogen and oxygen atoms in total. The standard InChI is InChI=1S/C17H26N2O2/c1-2-3-4-15(11-18)19-17(20)14-7-9-16(10-8-14)21-12-13-5-6-13/h7-10,13,15H,2-6,11-12,18H2,1H3,(H,19,20). The number of nitrogens with two attached hydrogens (primary N) is 1. The SMILES string of the molecule is CCCCC(CN)NC(=O)c1ccc(OCC2CC2)cc1. The number of carbonyl (C=O) groups excluding carboxylic acids is 1. The fourth-order valence-electron chi connectivity index (χ4n) is 2.17. The van der Waals surface area contributed by atoms with E-state index in [2.05, 4.69) is 12.2 Å². The van der Waals surface area contributed by atoms with Crippen LogP contribution in [0.4, 0.5) is 0 Å². The van der Waals surface area contributed by atoms with Gasteiger partial charge in [-0.15, -0.1) is 0 Å². The monoisotopic (exact) mass is 290 g/mol. The molecule has 0 aliphatic heterocycles. The van der Waals surface area contributed by atoms with Gasteiger partial charge in [0, 0.05) is 18.2 Å². The van der Waals surface area contributed by atoms with Crippen LogP contribution in [0, 0.1) is 5.92 Å². The van der Waals surface area contributed by atoms with Crippen LogP contribution in [-0.4, -0.2) is 25.1 Å². The van der Waals surface area contributed by atoms with Gasteiger partial charge >= 0.3 is 0 Å². The molecule has 0 heterocycles. The van der Waals surface area contributed by atoms with Crippen molar-refractivity contribution in [2.24, 2.45) is 11.7 Å². The third-order valence-electron chi connectivity index (χ3n) is 3.83. The number of hydrogen-bond donors (Lipinski definition) is 2. The van der Waals surface area contributed by atoms with Crippen molar-refractivity contribution in [2.75, 3.05) is 13.2 Å². The van der Waals surface area contributed by atoms with Crippen molar-refractivity contribution in [3.8, 4) is 5.75 Å². The Bertz CT molecular complexity index is 441. The van der Waals surface area contributed by atoms with Crippen molar-refractivity contribution < 1.29 is 9.53 Å². The second-order valence-corrected chi connectivity index (χ2v) is 5.83. The van der Waals surface area contributed by atoms with E-state index in [9.17, 15) is 4.79 Å². The fraction of sp³-hybridized carbons (Fsp3) is 0.588. The van der Waals surface area contributed by atoms with Crippen molar-refractivity contribution in [3.63, 3.8) is 0 Å². The van der Waals surface area contributed by atoms with Gasteiger partial charge in [-0.3, -0.25) is 4.79 Å². The summed E-state index contributed by atoms with van der Waals surface area (Å²) in [5.74, 6) is 1.51. The second-order valence-electron chi connectivity index (χ2n) is 5.83. The molecule has 4 heteroatoms. The summed E-state index contributed by atoms with van der Waals surface area (Å²) in [5.41, 5.74) is 6.36. The lowest BCUT2D eigenvalue weighted by atomic mass is 10.1. The number of carbonyl (C=O) groups is 1. The molecule has 1 unspecified atom stereocenters. The van der Waals surface area contributed by atoms with Crippen molar-refractivity contribution in [2.45, 2.75) is 45.1 Å². The molecule has 1 amide bonds. The van der Waals surface area contributed by atoms with Crippen molar-refractivity contribution >= 4 is 5.91 Å². The predicted molar refractivity (Wildman–Crippen MR) is 84.5 cm³/mol. The first-order valence-electron chi connectivity index (χ1n) is 7.96. The zero-order valence-corrected chi connectivity index (χ0v) is 12.8. The first-order valence-corrected chi connectivity index (χ1v) is 7.96. The molecular weight excluding hydrogens is 264 g/mol. The molecule has 21 heavy (non-hydrogen) atoms. The maximum atomic E-state index is 12.2. The summed E-state index contributed by atoms with van der Waals surface area (Å²) in [4.78, 5) is 12.2. The molecule has 2 rings (SSSR count). The highest BCUT2D eigenvalue weighted by atomic mass is 16.5. The number of amides is 1. The lowest BCUT2D eigenvalue weighted by Gasteiger charge is -2.16. The summed E-state index contributed by atoms with van der Waals surface area (Å²) in [6.07, 6.45) is 5.67. The van der Waals surface area contributed by atoms with Gasteiger partial charge in [0.1, 0.15) is 5.75 Å². The predicted octanol–water partition coefficient (Wildman–Crippen LogP) is 2.72. The Balaban J connectivity index is 1.82. The Morgan fingerprint density at radius 1 is 1.38 bits per heavy atom. The van der Waals surface area contributed by atoms with E-state index in [1.807, 2.05) is 24.3 Å². The molecule has 0 bridgehead atoms. The van der Waals surface area contributed by atoms with Gasteiger partial charge in [-0.05, 0) is 49.4 Å². The van der Waals surface area contributed by atoms with E-state index in [1.165, 1.54) is 12.8 Å². The van der Waals surface area contributed by atoms with Gasteiger partial charge in [0.25, 0.3) is 5.91 Å². The molecule has 0 spiro atoms. The Morgan fingerprint density at radius 2 is 2.10 bits per heavy atom. The minimum absolute atomic E-state index is 0.0586. The average molecular weight is 290 g/mol. The number of nitrogens with one attached hydrogen (secondary N) is 1. The highest BCUT2D eigenvalue weighted by Crippen LogP contribution is 2.29. The van der Waals surface area contributed by atoms with Crippen LogP contribution >= 0.6 is 0 Å². The van der Waals surface area contributed by atoms with Gasteiger partial charge in [-0.2, -0.15) is 0 Å². The van der Waals surface area contributed by atoms with Crippen LogP contribution in [0.3, 0.4) is 0 Å². The van der Waals surface area contributed by atoms with E-state index < -0.39 is 0 Å². The lowest BCUT2D eigenvalue weighted by Crippen LogP contribution is -2.40. The maximum absolute atomic E-state index is 12.2. The molecule has 1 atom stereocenters. The molecule has 0 aromatic heterocycles. The van der Waals surface area contributed by atoms with Crippen molar-refractivity contribution in [1.82, 2.24) is 5.32 Å². The van der Waals surface area contributed by atoms with Crippen LogP contribution in [-0.2, 0) is 0 Å². The van der Waals surface area contributed by atoms with Crippen LogP contribution in [0.5, 0.6) is 5.75 Å². The highest BCUT2D eigenvalue weighted by molar-refractivity contribution is 5.94. The fourth-order valence-corrected chi connectivity index (χ4v) is 2.17. The van der Waals surface area contributed by atoms with Crippen LogP contribution in [0.2, 0.25) is 0 Å². The van der Waals surface area contributed by atoms with Crippen molar-refractivity contribution in [3.05, 3.63) is 29.8 Å². The number of rotatable bonds is 9. The number of hydrogen-bond acceptors (Lipinski definition) is 3. The minimum Gasteiger partial charge on any atom is -0.493 e. The largest absolute Gasteiger partial charge is 0.493 e. The van der Waals surface area contributed by atoms with E-state index in [0.717, 1.165) is 37.5 Å². The second kappa shape index (κ2) is 8.03. The lowest BCUT2D eigenvalue weighted by molar-refractivity contribution is 0.0935. The minimum atomic E-state index is -0.0599. The number of unbranched alkanes of at least 4 members (excludes halogenated alkanes) is 1. The van der Waals surface area contributed by atoms with Gasteiger partial charge in [-0.1, -0.05) is 19.8 Å². The normalized spacial score (nSPS) is 15.5. The first kappa shape index (κ1) is 15.8. The molecular formula is C17H26N2O2. The molecule has 0 radical (unpaired) electrons. The summed E-state index contributed by atoms with van der Waals surface area (Å²) in [7, 11) is 0. The summed E-state index contributed by atoms with van der Waals surface area (Å²) in [6, 6.07) is 7.40. The molecule has 1 aliphatic rings. The number of ether oxygens (including phenoxy) is 1. The van der Waals surface area contributed by atoms with Crippen LogP contribution in [0.15, 0.2) is 24.3 Å². The zero-order chi connectivity index (χ0) is 15.1. The molecule has 0 saturated heterocycles. The van der Waals surface area contributed by atoms with Gasteiger partial charge in [0.2, 0.25) is 0 Å². The Labute approximate surface area is 127 Å². The van der Waals surface area contributed by atoms with Gasteiger partial charge in [0.05, 0.1) is 6.61 Å². The molecule has 1 saturated carbocycles. The molecule has 116 valence electrons. The summed E-state index contributed by atoms with van der Waals surface area (Å²) >= 11 is 0. The molecule has 1 aromatic rings. The Hall–Kier alpha value is -1.55. The van der Waals surface area contributed by atoms with E-state index in [0.29, 0.717) is 12.1 Å². The molecule has 1 fully saturated rings. The Morgan fingerprint density at radius 3 is 2.67 bits per heavy atom. The van der Waals surface area contributed by atoms with E-state index in [-0.39, 0.29) is 11.9 Å². The zero-order valence-electron chi connectivity index (χ0n) is 12.8. The molecule has 3 N–H and O–H groups in total. The summed E-state index contributed by atoms with van der Waals surface area (Å²) < 4.78 is 5.67. The molecule has 1 aliphatic carbocycles. The van der Waals surface area contributed by atoms with Gasteiger partial charge in [0.15, 0.2) is 0 Å². The summed E-state index contributed by atoms with van der Waals surface area (Å²) in [6.45, 7) is 3.40. The van der Waals surface area contributed by atoms with E-state index >= 15 is 0 Å². The van der Waals surface area contributed by atoms with E-state index in [4.69, 9.17) is 10.5 Å². The smallest absolute Gasteiger partial charge is 0.251 e. The number of benzene rings is 1. The van der Waals surface area contributed by atoms with Crippen LogP contribution < -0.4 is 15.8 Å². The van der Waals surface area contributed by atoms with Gasteiger partial charge in [-0.25, -0.2) is 0 Å². The maximum Gasteiger partial charge on any atom is 0.251 e. The molecule has 1 aromatic carbocycles. The third-order valence-corrected chi connectivity index (χ3v) is 3.83. The third kappa shape index (κ3) is 5.38. The quantitative estimate of drug-likeness (QED) is 0.735. The van der Waals surface area contributed by atoms with E-state index in [1.54, 1.807) is 0 Å². The first-order chi connectivity index (χ1) is 10.2. The highest BCUT2D eigenvalue weighted by Gasteiger charge is 2.21. The Kier molecular flexibility index (Phi) is 6.05. The topological polar surface area (TPSA) is 64.3 Å². The van der Waals surface area contributed by atoms with Crippen molar-refractivity contribution in [1.29, 1.82) is 0 Å². The summed E-state index contributed by atoms with van der Waals surface area (Å²) in [5, 5.41) is 2.99. The average Bonchev–Trinajstić information content (AvgIpc) is 3.34.